The largest absolute Gasteiger partial charge is 0.338 e. The molecular weight excluding hydrogens is 356 g/mol. The summed E-state index contributed by atoms with van der Waals surface area (Å²) >= 11 is 0. The fourth-order valence-electron chi connectivity index (χ4n) is 3.27. The molecule has 3 aromatic rings. The van der Waals surface area contributed by atoms with Crippen molar-refractivity contribution < 1.29 is 9.59 Å². The van der Waals surface area contributed by atoms with E-state index in [0.717, 1.165) is 24.1 Å². The number of aromatic nitrogens is 4. The SMILES string of the molecule is Cn1nnnc1-c1cccc(NC(=O)c2ccc(CN3CCCC3=O)cc2)c1. The van der Waals surface area contributed by atoms with Crippen LogP contribution in [0.15, 0.2) is 48.5 Å². The molecule has 0 saturated carbocycles. The average molecular weight is 376 g/mol. The van der Waals surface area contributed by atoms with Gasteiger partial charge in [-0.1, -0.05) is 24.3 Å². The minimum absolute atomic E-state index is 0.194. The van der Waals surface area contributed by atoms with Crippen molar-refractivity contribution in [3.05, 3.63) is 59.7 Å². The highest BCUT2D eigenvalue weighted by Crippen LogP contribution is 2.20. The van der Waals surface area contributed by atoms with Crippen LogP contribution >= 0.6 is 0 Å². The third kappa shape index (κ3) is 3.75. The maximum atomic E-state index is 12.6. The van der Waals surface area contributed by atoms with Crippen LogP contribution in [0.25, 0.3) is 11.4 Å². The van der Waals surface area contributed by atoms with E-state index in [4.69, 9.17) is 0 Å². The van der Waals surface area contributed by atoms with E-state index >= 15 is 0 Å². The smallest absolute Gasteiger partial charge is 0.255 e. The summed E-state index contributed by atoms with van der Waals surface area (Å²) in [4.78, 5) is 26.2. The molecule has 1 fully saturated rings. The molecule has 1 aliphatic rings. The summed E-state index contributed by atoms with van der Waals surface area (Å²) < 4.78 is 1.57. The van der Waals surface area contributed by atoms with Crippen LogP contribution in [-0.4, -0.2) is 43.5 Å². The first kappa shape index (κ1) is 17.8. The van der Waals surface area contributed by atoms with E-state index in [9.17, 15) is 9.59 Å². The molecule has 0 radical (unpaired) electrons. The van der Waals surface area contributed by atoms with Gasteiger partial charge in [0.2, 0.25) is 5.91 Å². The Bertz CT molecular complexity index is 1010. The van der Waals surface area contributed by atoms with Gasteiger partial charge in [0.1, 0.15) is 0 Å². The van der Waals surface area contributed by atoms with Crippen LogP contribution in [0.1, 0.15) is 28.8 Å². The van der Waals surface area contributed by atoms with Gasteiger partial charge in [-0.2, -0.15) is 0 Å². The maximum absolute atomic E-state index is 12.6. The summed E-state index contributed by atoms with van der Waals surface area (Å²) in [7, 11) is 1.76. The van der Waals surface area contributed by atoms with E-state index in [-0.39, 0.29) is 11.8 Å². The number of anilines is 1. The van der Waals surface area contributed by atoms with Crippen LogP contribution < -0.4 is 5.32 Å². The number of amides is 2. The lowest BCUT2D eigenvalue weighted by Gasteiger charge is -2.15. The number of carbonyl (C=O) groups is 2. The van der Waals surface area contributed by atoms with E-state index in [1.807, 2.05) is 41.3 Å². The highest BCUT2D eigenvalue weighted by Gasteiger charge is 2.20. The molecule has 2 aromatic carbocycles. The van der Waals surface area contributed by atoms with Crippen molar-refractivity contribution >= 4 is 17.5 Å². The summed E-state index contributed by atoms with van der Waals surface area (Å²) in [5.74, 6) is 0.619. The van der Waals surface area contributed by atoms with Crippen LogP contribution in [0.3, 0.4) is 0 Å². The zero-order chi connectivity index (χ0) is 19.5. The molecular formula is C20H20N6O2. The second-order valence-electron chi connectivity index (χ2n) is 6.78. The van der Waals surface area contributed by atoms with Crippen molar-refractivity contribution in [3.63, 3.8) is 0 Å². The van der Waals surface area contributed by atoms with Crippen molar-refractivity contribution in [3.8, 4) is 11.4 Å². The van der Waals surface area contributed by atoms with Crippen LogP contribution in [0.5, 0.6) is 0 Å². The molecule has 1 saturated heterocycles. The molecule has 2 heterocycles. The summed E-state index contributed by atoms with van der Waals surface area (Å²) in [5, 5.41) is 14.3. The van der Waals surface area contributed by atoms with Crippen LogP contribution in [-0.2, 0) is 18.4 Å². The lowest BCUT2D eigenvalue weighted by molar-refractivity contribution is -0.128. The molecule has 0 atom stereocenters. The van der Waals surface area contributed by atoms with E-state index in [2.05, 4.69) is 20.8 Å². The van der Waals surface area contributed by atoms with Gasteiger partial charge in [-0.05, 0) is 46.7 Å². The molecule has 142 valence electrons. The second-order valence-corrected chi connectivity index (χ2v) is 6.78. The molecule has 8 heteroatoms. The Morgan fingerprint density at radius 2 is 2.00 bits per heavy atom. The van der Waals surface area contributed by atoms with E-state index < -0.39 is 0 Å². The molecule has 2 amide bonds. The number of nitrogens with one attached hydrogen (secondary N) is 1. The van der Waals surface area contributed by atoms with Crippen molar-refractivity contribution in [2.75, 3.05) is 11.9 Å². The standard InChI is InChI=1S/C20H20N6O2/c1-25-19(22-23-24-25)16-4-2-5-17(12-16)21-20(28)15-9-7-14(8-10-15)13-26-11-3-6-18(26)27/h2,4-5,7-10,12H,3,6,11,13H2,1H3,(H,21,28). The molecule has 0 aliphatic carbocycles. The normalized spacial score (nSPS) is 13.8. The zero-order valence-corrected chi connectivity index (χ0v) is 15.5. The quantitative estimate of drug-likeness (QED) is 0.737. The summed E-state index contributed by atoms with van der Waals surface area (Å²) in [6.45, 7) is 1.40. The molecule has 4 rings (SSSR count). The van der Waals surface area contributed by atoms with Crippen LogP contribution in [0, 0.1) is 0 Å². The molecule has 1 aliphatic heterocycles. The predicted molar refractivity (Wildman–Crippen MR) is 103 cm³/mol. The monoisotopic (exact) mass is 376 g/mol. The molecule has 0 spiro atoms. The number of tetrazole rings is 1. The Morgan fingerprint density at radius 3 is 2.68 bits per heavy atom. The minimum Gasteiger partial charge on any atom is -0.338 e. The van der Waals surface area contributed by atoms with Crippen molar-refractivity contribution in [1.29, 1.82) is 0 Å². The van der Waals surface area contributed by atoms with Gasteiger partial charge >= 0.3 is 0 Å². The minimum atomic E-state index is -0.197. The number of likely N-dealkylation sites (tertiary alicyclic amines) is 1. The molecule has 28 heavy (non-hydrogen) atoms. The number of carbonyl (C=O) groups excluding carboxylic acids is 2. The third-order valence-electron chi connectivity index (χ3n) is 4.76. The first-order valence-electron chi connectivity index (χ1n) is 9.11. The van der Waals surface area contributed by atoms with E-state index in [1.165, 1.54) is 0 Å². The van der Waals surface area contributed by atoms with Crippen LogP contribution in [0.2, 0.25) is 0 Å². The van der Waals surface area contributed by atoms with Gasteiger partial charge in [-0.15, -0.1) is 5.10 Å². The fraction of sp³-hybridized carbons (Fsp3) is 0.250. The van der Waals surface area contributed by atoms with Gasteiger partial charge in [-0.3, -0.25) is 9.59 Å². The average Bonchev–Trinajstić information content (AvgIpc) is 3.31. The fourth-order valence-corrected chi connectivity index (χ4v) is 3.27. The first-order chi connectivity index (χ1) is 13.6. The Kier molecular flexibility index (Phi) is 4.84. The number of rotatable bonds is 5. The number of benzene rings is 2. The summed E-state index contributed by atoms with van der Waals surface area (Å²) in [5.41, 5.74) is 3.05. The predicted octanol–water partition coefficient (Wildman–Crippen LogP) is 2.25. The Morgan fingerprint density at radius 1 is 1.18 bits per heavy atom. The third-order valence-corrected chi connectivity index (χ3v) is 4.76. The second kappa shape index (κ2) is 7.59. The maximum Gasteiger partial charge on any atom is 0.255 e. The number of aryl methyl sites for hydroxylation is 1. The topological polar surface area (TPSA) is 93.0 Å². The molecule has 1 aromatic heterocycles. The van der Waals surface area contributed by atoms with Gasteiger partial charge < -0.3 is 10.2 Å². The Balaban J connectivity index is 1.44. The van der Waals surface area contributed by atoms with Gasteiger partial charge in [0.05, 0.1) is 0 Å². The lowest BCUT2D eigenvalue weighted by Crippen LogP contribution is -2.23. The summed E-state index contributed by atoms with van der Waals surface area (Å²) in [6, 6.07) is 14.7. The van der Waals surface area contributed by atoms with Crippen molar-refractivity contribution in [2.45, 2.75) is 19.4 Å². The number of hydrogen-bond acceptors (Lipinski definition) is 5. The number of nitrogens with zero attached hydrogens (tertiary/aromatic N) is 5. The van der Waals surface area contributed by atoms with Crippen LogP contribution in [0.4, 0.5) is 5.69 Å². The van der Waals surface area contributed by atoms with Crippen molar-refractivity contribution in [2.24, 2.45) is 7.05 Å². The van der Waals surface area contributed by atoms with Gasteiger partial charge in [0.15, 0.2) is 5.82 Å². The lowest BCUT2D eigenvalue weighted by atomic mass is 10.1. The van der Waals surface area contributed by atoms with Gasteiger partial charge in [0.25, 0.3) is 5.91 Å². The first-order valence-corrected chi connectivity index (χ1v) is 9.11. The van der Waals surface area contributed by atoms with Gasteiger partial charge in [-0.25, -0.2) is 4.68 Å². The van der Waals surface area contributed by atoms with Gasteiger partial charge in [0, 0.05) is 43.4 Å². The Hall–Kier alpha value is -3.55. The van der Waals surface area contributed by atoms with Crippen molar-refractivity contribution in [1.82, 2.24) is 25.1 Å². The molecule has 0 bridgehead atoms. The Labute approximate surface area is 162 Å². The molecule has 1 N–H and O–H groups in total. The van der Waals surface area contributed by atoms with E-state index in [1.54, 1.807) is 23.9 Å². The van der Waals surface area contributed by atoms with E-state index in [0.29, 0.717) is 30.0 Å². The molecule has 0 unspecified atom stereocenters. The highest BCUT2D eigenvalue weighted by molar-refractivity contribution is 6.04. The summed E-state index contributed by atoms with van der Waals surface area (Å²) in [6.07, 6.45) is 1.55. The number of hydrogen-bond donors (Lipinski definition) is 1. The zero-order valence-electron chi connectivity index (χ0n) is 15.5. The highest BCUT2D eigenvalue weighted by atomic mass is 16.2. The molecule has 8 nitrogen and oxygen atoms in total.